The quantitative estimate of drug-likeness (QED) is 0.463. The van der Waals surface area contributed by atoms with Gasteiger partial charge in [0, 0.05) is 13.0 Å². The lowest BCUT2D eigenvalue weighted by Crippen LogP contribution is -2.53. The van der Waals surface area contributed by atoms with Crippen molar-refractivity contribution in [3.8, 4) is 0 Å². The maximum atomic E-state index is 9.40. The molecule has 0 aliphatic carbocycles. The van der Waals surface area contributed by atoms with Gasteiger partial charge < -0.3 is 24.8 Å². The molecule has 5 heteroatoms. The predicted molar refractivity (Wildman–Crippen MR) is 39.1 cm³/mol. The molecule has 0 aromatic carbocycles. The van der Waals surface area contributed by atoms with Crippen molar-refractivity contribution in [1.29, 1.82) is 0 Å². The van der Waals surface area contributed by atoms with E-state index in [1.807, 2.05) is 0 Å². The minimum atomic E-state index is -1.28. The van der Waals surface area contributed by atoms with E-state index < -0.39 is 30.7 Å². The number of methoxy groups -OCH3 is 1. The van der Waals surface area contributed by atoms with Crippen LogP contribution < -0.4 is 0 Å². The van der Waals surface area contributed by atoms with Crippen molar-refractivity contribution < 1.29 is 24.8 Å². The van der Waals surface area contributed by atoms with Gasteiger partial charge in [0.05, 0.1) is 0 Å². The standard InChI is InChI=1S/C7H14O5/c1-3-4(8)6(10)12-7(11-2)5(3)9/h3-10H,1-2H3. The molecule has 1 fully saturated rings. The average Bonchev–Trinajstić information content (AvgIpc) is 2.08. The van der Waals surface area contributed by atoms with E-state index in [-0.39, 0.29) is 0 Å². The first-order valence-electron chi connectivity index (χ1n) is 3.80. The van der Waals surface area contributed by atoms with Gasteiger partial charge >= 0.3 is 0 Å². The van der Waals surface area contributed by atoms with Crippen LogP contribution in [0.5, 0.6) is 0 Å². The highest BCUT2D eigenvalue weighted by molar-refractivity contribution is 4.81. The Morgan fingerprint density at radius 1 is 1.17 bits per heavy atom. The molecule has 5 unspecified atom stereocenters. The van der Waals surface area contributed by atoms with E-state index in [0.717, 1.165) is 0 Å². The fourth-order valence-electron chi connectivity index (χ4n) is 1.20. The zero-order chi connectivity index (χ0) is 9.30. The Labute approximate surface area is 70.5 Å². The van der Waals surface area contributed by atoms with Gasteiger partial charge in [0.1, 0.15) is 12.2 Å². The summed E-state index contributed by atoms with van der Waals surface area (Å²) >= 11 is 0. The molecule has 0 amide bonds. The first kappa shape index (κ1) is 9.88. The van der Waals surface area contributed by atoms with Crippen LogP contribution in [0, 0.1) is 5.92 Å². The third-order valence-electron chi connectivity index (χ3n) is 2.15. The van der Waals surface area contributed by atoms with Gasteiger partial charge in [0.25, 0.3) is 0 Å². The Balaban J connectivity index is 2.63. The van der Waals surface area contributed by atoms with Crippen molar-refractivity contribution in [3.63, 3.8) is 0 Å². The Bertz CT molecular complexity index is 146. The minimum absolute atomic E-state index is 0.460. The molecule has 0 bridgehead atoms. The van der Waals surface area contributed by atoms with Crippen LogP contribution in [0.2, 0.25) is 0 Å². The van der Waals surface area contributed by atoms with Crippen LogP contribution in [0.15, 0.2) is 0 Å². The van der Waals surface area contributed by atoms with Crippen molar-refractivity contribution in [3.05, 3.63) is 0 Å². The van der Waals surface area contributed by atoms with Gasteiger partial charge in [-0.3, -0.25) is 0 Å². The van der Waals surface area contributed by atoms with Crippen LogP contribution in [0.25, 0.3) is 0 Å². The topological polar surface area (TPSA) is 79.2 Å². The Hall–Kier alpha value is -0.200. The van der Waals surface area contributed by atoms with Crippen LogP contribution >= 0.6 is 0 Å². The average molecular weight is 178 g/mol. The van der Waals surface area contributed by atoms with E-state index in [1.54, 1.807) is 6.92 Å². The number of rotatable bonds is 1. The summed E-state index contributed by atoms with van der Waals surface area (Å²) in [5, 5.41) is 27.7. The molecule has 5 nitrogen and oxygen atoms in total. The highest BCUT2D eigenvalue weighted by Gasteiger charge is 2.41. The number of hydrogen-bond acceptors (Lipinski definition) is 5. The summed E-state index contributed by atoms with van der Waals surface area (Å²) in [7, 11) is 1.37. The number of ether oxygens (including phenoxy) is 2. The Kier molecular flexibility index (Phi) is 3.03. The van der Waals surface area contributed by atoms with Crippen LogP contribution in [0.4, 0.5) is 0 Å². The van der Waals surface area contributed by atoms with E-state index in [0.29, 0.717) is 0 Å². The predicted octanol–water partition coefficient (Wildman–Crippen LogP) is -1.33. The minimum Gasteiger partial charge on any atom is -0.387 e. The molecule has 72 valence electrons. The lowest BCUT2D eigenvalue weighted by atomic mass is 9.94. The van der Waals surface area contributed by atoms with Crippen LogP contribution in [-0.2, 0) is 9.47 Å². The smallest absolute Gasteiger partial charge is 0.186 e. The van der Waals surface area contributed by atoms with E-state index in [1.165, 1.54) is 7.11 Å². The Morgan fingerprint density at radius 2 is 1.75 bits per heavy atom. The molecule has 5 atom stereocenters. The molecule has 0 aromatic heterocycles. The summed E-state index contributed by atoms with van der Waals surface area (Å²) < 4.78 is 9.51. The van der Waals surface area contributed by atoms with Gasteiger partial charge in [-0.1, -0.05) is 6.92 Å². The van der Waals surface area contributed by atoms with E-state index >= 15 is 0 Å². The van der Waals surface area contributed by atoms with Gasteiger partial charge in [0.15, 0.2) is 12.6 Å². The molecule has 0 saturated carbocycles. The molecule has 0 radical (unpaired) electrons. The Morgan fingerprint density at radius 3 is 2.25 bits per heavy atom. The molecule has 1 aliphatic rings. The van der Waals surface area contributed by atoms with Crippen LogP contribution in [0.3, 0.4) is 0 Å². The van der Waals surface area contributed by atoms with E-state index in [2.05, 4.69) is 0 Å². The second kappa shape index (κ2) is 3.68. The van der Waals surface area contributed by atoms with Crippen molar-refractivity contribution in [1.82, 2.24) is 0 Å². The number of aliphatic hydroxyl groups is 3. The largest absolute Gasteiger partial charge is 0.387 e. The third-order valence-corrected chi connectivity index (χ3v) is 2.15. The molecule has 0 spiro atoms. The van der Waals surface area contributed by atoms with Gasteiger partial charge in [-0.2, -0.15) is 0 Å². The summed E-state index contributed by atoms with van der Waals surface area (Å²) in [6.07, 6.45) is -4.12. The highest BCUT2D eigenvalue weighted by Crippen LogP contribution is 2.24. The van der Waals surface area contributed by atoms with Crippen molar-refractivity contribution in [2.24, 2.45) is 5.92 Å². The van der Waals surface area contributed by atoms with Gasteiger partial charge in [-0.05, 0) is 0 Å². The molecule has 0 aromatic rings. The fraction of sp³-hybridized carbons (Fsp3) is 1.00. The molecular weight excluding hydrogens is 164 g/mol. The monoisotopic (exact) mass is 178 g/mol. The lowest BCUT2D eigenvalue weighted by molar-refractivity contribution is -0.323. The first-order valence-corrected chi connectivity index (χ1v) is 3.80. The second-order valence-electron chi connectivity index (χ2n) is 2.97. The molecule has 1 heterocycles. The van der Waals surface area contributed by atoms with E-state index in [4.69, 9.17) is 14.6 Å². The normalized spacial score (nSPS) is 49.2. The molecule has 12 heavy (non-hydrogen) atoms. The van der Waals surface area contributed by atoms with Gasteiger partial charge in [0.2, 0.25) is 0 Å². The van der Waals surface area contributed by atoms with Crippen LogP contribution in [0.1, 0.15) is 6.92 Å². The second-order valence-corrected chi connectivity index (χ2v) is 2.97. The summed E-state index contributed by atoms with van der Waals surface area (Å²) in [5.74, 6) is -0.460. The highest BCUT2D eigenvalue weighted by atomic mass is 16.7. The zero-order valence-electron chi connectivity index (χ0n) is 7.04. The van der Waals surface area contributed by atoms with E-state index in [9.17, 15) is 10.2 Å². The first-order chi connectivity index (χ1) is 5.57. The molecule has 1 aliphatic heterocycles. The maximum Gasteiger partial charge on any atom is 0.186 e. The van der Waals surface area contributed by atoms with Crippen molar-refractivity contribution >= 4 is 0 Å². The van der Waals surface area contributed by atoms with Crippen LogP contribution in [-0.4, -0.2) is 47.2 Å². The summed E-state index contributed by atoms with van der Waals surface area (Å²) in [5.41, 5.74) is 0. The summed E-state index contributed by atoms with van der Waals surface area (Å²) in [6, 6.07) is 0. The lowest BCUT2D eigenvalue weighted by Gasteiger charge is -2.38. The zero-order valence-corrected chi connectivity index (χ0v) is 7.04. The summed E-state index contributed by atoms with van der Waals surface area (Å²) in [6.45, 7) is 1.62. The third kappa shape index (κ3) is 1.60. The molecule has 3 N–H and O–H groups in total. The van der Waals surface area contributed by atoms with Crippen molar-refractivity contribution in [2.75, 3.05) is 7.11 Å². The summed E-state index contributed by atoms with van der Waals surface area (Å²) in [4.78, 5) is 0. The number of hydrogen-bond donors (Lipinski definition) is 3. The molecule has 1 saturated heterocycles. The van der Waals surface area contributed by atoms with Gasteiger partial charge in [-0.15, -0.1) is 0 Å². The maximum absolute atomic E-state index is 9.40. The van der Waals surface area contributed by atoms with Gasteiger partial charge in [-0.25, -0.2) is 0 Å². The molecular formula is C7H14O5. The SMILES string of the molecule is COC1OC(O)C(O)C(C)C1O. The van der Waals surface area contributed by atoms with Crippen molar-refractivity contribution in [2.45, 2.75) is 31.7 Å². The molecule has 1 rings (SSSR count). The number of aliphatic hydroxyl groups excluding tert-OH is 3. The fourth-order valence-corrected chi connectivity index (χ4v) is 1.20.